The summed E-state index contributed by atoms with van der Waals surface area (Å²) in [7, 11) is 1.97. The maximum absolute atomic E-state index is 4.46. The highest BCUT2D eigenvalue weighted by atomic mass is 79.9. The molecule has 0 radical (unpaired) electrons. The highest BCUT2D eigenvalue weighted by molar-refractivity contribution is 9.10. The molecular formula is C15H20BrN3. The van der Waals surface area contributed by atoms with Crippen LogP contribution in [-0.2, 0) is 20.0 Å². The lowest BCUT2D eigenvalue weighted by atomic mass is 10.1. The molecule has 0 fully saturated rings. The van der Waals surface area contributed by atoms with Gasteiger partial charge in [-0.15, -0.1) is 0 Å². The lowest BCUT2D eigenvalue weighted by Gasteiger charge is -2.14. The van der Waals surface area contributed by atoms with Crippen LogP contribution in [0, 0.1) is 0 Å². The smallest absolute Gasteiger partial charge is 0.0666 e. The number of aromatic nitrogens is 2. The molecule has 0 amide bonds. The Bertz CT molecular complexity index is 548. The zero-order valence-corrected chi connectivity index (χ0v) is 13.2. The highest BCUT2D eigenvalue weighted by Gasteiger charge is 2.09. The molecule has 1 unspecified atom stereocenters. The van der Waals surface area contributed by atoms with E-state index in [1.54, 1.807) is 0 Å². The second-order valence-corrected chi connectivity index (χ2v) is 5.70. The van der Waals surface area contributed by atoms with Gasteiger partial charge in [-0.3, -0.25) is 4.68 Å². The quantitative estimate of drug-likeness (QED) is 0.911. The van der Waals surface area contributed by atoms with Crippen LogP contribution in [0.4, 0.5) is 0 Å². The molecule has 4 heteroatoms. The molecule has 2 aromatic rings. The molecule has 1 atom stereocenters. The van der Waals surface area contributed by atoms with Gasteiger partial charge in [-0.2, -0.15) is 5.10 Å². The lowest BCUT2D eigenvalue weighted by Crippen LogP contribution is -2.18. The van der Waals surface area contributed by atoms with Crippen molar-refractivity contribution < 1.29 is 0 Å². The van der Waals surface area contributed by atoms with Crippen molar-refractivity contribution in [3.8, 4) is 0 Å². The Labute approximate surface area is 123 Å². The van der Waals surface area contributed by atoms with Gasteiger partial charge >= 0.3 is 0 Å². The zero-order valence-electron chi connectivity index (χ0n) is 11.7. The van der Waals surface area contributed by atoms with E-state index in [-0.39, 0.29) is 0 Å². The van der Waals surface area contributed by atoms with E-state index in [1.807, 2.05) is 17.8 Å². The molecule has 1 heterocycles. The van der Waals surface area contributed by atoms with E-state index in [2.05, 4.69) is 64.6 Å². The fraction of sp³-hybridized carbons (Fsp3) is 0.400. The number of hydrogen-bond donors (Lipinski definition) is 1. The molecule has 0 bridgehead atoms. The van der Waals surface area contributed by atoms with Gasteiger partial charge in [0.15, 0.2) is 0 Å². The first kappa shape index (κ1) is 14.3. The van der Waals surface area contributed by atoms with Crippen LogP contribution in [-0.4, -0.2) is 9.78 Å². The Morgan fingerprint density at radius 3 is 2.89 bits per heavy atom. The molecule has 0 aliphatic rings. The summed E-state index contributed by atoms with van der Waals surface area (Å²) in [5, 5.41) is 8.02. The number of halogens is 1. The van der Waals surface area contributed by atoms with Gasteiger partial charge < -0.3 is 5.32 Å². The van der Waals surface area contributed by atoms with Crippen molar-refractivity contribution in [3.63, 3.8) is 0 Å². The predicted molar refractivity (Wildman–Crippen MR) is 82.0 cm³/mol. The minimum Gasteiger partial charge on any atom is -0.306 e. The van der Waals surface area contributed by atoms with Crippen molar-refractivity contribution in [2.24, 2.45) is 7.05 Å². The van der Waals surface area contributed by atoms with Crippen molar-refractivity contribution in [2.45, 2.75) is 32.9 Å². The minimum atomic E-state index is 0.322. The van der Waals surface area contributed by atoms with Crippen molar-refractivity contribution in [1.82, 2.24) is 15.1 Å². The maximum Gasteiger partial charge on any atom is 0.0666 e. The molecule has 19 heavy (non-hydrogen) atoms. The third-order valence-corrected chi connectivity index (χ3v) is 3.77. The van der Waals surface area contributed by atoms with Crippen LogP contribution >= 0.6 is 15.9 Å². The second-order valence-electron chi connectivity index (χ2n) is 4.79. The SMILES string of the molecule is CCc1nn(C)cc1CNC(C)c1cccc(Br)c1. The minimum absolute atomic E-state index is 0.322. The fourth-order valence-corrected chi connectivity index (χ4v) is 2.60. The Balaban J connectivity index is 2.02. The first-order valence-electron chi connectivity index (χ1n) is 6.60. The van der Waals surface area contributed by atoms with Crippen LogP contribution < -0.4 is 5.32 Å². The average molecular weight is 322 g/mol. The van der Waals surface area contributed by atoms with Crippen molar-refractivity contribution in [2.75, 3.05) is 0 Å². The summed E-state index contributed by atoms with van der Waals surface area (Å²) in [5.41, 5.74) is 3.75. The summed E-state index contributed by atoms with van der Waals surface area (Å²) in [6.07, 6.45) is 3.07. The maximum atomic E-state index is 4.46. The van der Waals surface area contributed by atoms with Crippen molar-refractivity contribution >= 4 is 15.9 Å². The second kappa shape index (κ2) is 6.35. The lowest BCUT2D eigenvalue weighted by molar-refractivity contribution is 0.572. The van der Waals surface area contributed by atoms with E-state index < -0.39 is 0 Å². The summed E-state index contributed by atoms with van der Waals surface area (Å²) in [5.74, 6) is 0. The summed E-state index contributed by atoms with van der Waals surface area (Å²) in [4.78, 5) is 0. The van der Waals surface area contributed by atoms with Crippen LogP contribution in [0.1, 0.15) is 36.7 Å². The van der Waals surface area contributed by atoms with Crippen LogP contribution in [0.2, 0.25) is 0 Å². The first-order chi connectivity index (χ1) is 9.10. The number of aryl methyl sites for hydroxylation is 2. The van der Waals surface area contributed by atoms with E-state index in [0.717, 1.165) is 17.4 Å². The van der Waals surface area contributed by atoms with Gasteiger partial charge in [0.2, 0.25) is 0 Å². The van der Waals surface area contributed by atoms with Crippen LogP contribution in [0.15, 0.2) is 34.9 Å². The van der Waals surface area contributed by atoms with E-state index in [9.17, 15) is 0 Å². The molecule has 1 N–H and O–H groups in total. The predicted octanol–water partition coefficient (Wildman–Crippen LogP) is 3.60. The van der Waals surface area contributed by atoms with Gasteiger partial charge in [0.1, 0.15) is 0 Å². The largest absolute Gasteiger partial charge is 0.306 e. The number of nitrogens with one attached hydrogen (secondary N) is 1. The Morgan fingerprint density at radius 2 is 2.21 bits per heavy atom. The monoisotopic (exact) mass is 321 g/mol. The van der Waals surface area contributed by atoms with Crippen LogP contribution in [0.5, 0.6) is 0 Å². The average Bonchev–Trinajstić information content (AvgIpc) is 2.76. The van der Waals surface area contributed by atoms with Gasteiger partial charge in [0.05, 0.1) is 5.69 Å². The number of benzene rings is 1. The fourth-order valence-electron chi connectivity index (χ4n) is 2.19. The Morgan fingerprint density at radius 1 is 1.42 bits per heavy atom. The molecule has 2 rings (SSSR count). The van der Waals surface area contributed by atoms with Crippen molar-refractivity contribution in [3.05, 3.63) is 51.8 Å². The number of hydrogen-bond acceptors (Lipinski definition) is 2. The molecule has 0 saturated heterocycles. The van der Waals surface area contributed by atoms with Gasteiger partial charge in [0, 0.05) is 35.9 Å². The van der Waals surface area contributed by atoms with Gasteiger partial charge in [-0.25, -0.2) is 0 Å². The first-order valence-corrected chi connectivity index (χ1v) is 7.39. The van der Waals surface area contributed by atoms with E-state index in [0.29, 0.717) is 6.04 Å². The van der Waals surface area contributed by atoms with Crippen LogP contribution in [0.3, 0.4) is 0 Å². The van der Waals surface area contributed by atoms with Crippen molar-refractivity contribution in [1.29, 1.82) is 0 Å². The van der Waals surface area contributed by atoms with E-state index >= 15 is 0 Å². The normalized spacial score (nSPS) is 12.6. The molecule has 0 saturated carbocycles. The molecule has 1 aromatic carbocycles. The number of nitrogens with zero attached hydrogens (tertiary/aromatic N) is 2. The highest BCUT2D eigenvalue weighted by Crippen LogP contribution is 2.18. The number of rotatable bonds is 5. The summed E-state index contributed by atoms with van der Waals surface area (Å²) in [6, 6.07) is 8.74. The molecule has 1 aromatic heterocycles. The Hall–Kier alpha value is -1.13. The van der Waals surface area contributed by atoms with Gasteiger partial charge in [-0.1, -0.05) is 35.0 Å². The van der Waals surface area contributed by atoms with Gasteiger partial charge in [-0.05, 0) is 31.0 Å². The standard InChI is InChI=1S/C15H20BrN3/c1-4-15-13(10-19(3)18-15)9-17-11(2)12-6-5-7-14(16)8-12/h5-8,10-11,17H,4,9H2,1-3H3. The molecule has 0 aliphatic carbocycles. The summed E-state index contributed by atoms with van der Waals surface area (Å²) >= 11 is 3.51. The van der Waals surface area contributed by atoms with Crippen LogP contribution in [0.25, 0.3) is 0 Å². The molecule has 102 valence electrons. The van der Waals surface area contributed by atoms with E-state index in [1.165, 1.54) is 16.8 Å². The molecule has 0 spiro atoms. The van der Waals surface area contributed by atoms with Gasteiger partial charge in [0.25, 0.3) is 0 Å². The third kappa shape index (κ3) is 3.67. The topological polar surface area (TPSA) is 29.9 Å². The summed E-state index contributed by atoms with van der Waals surface area (Å²) < 4.78 is 3.01. The Kier molecular flexibility index (Phi) is 4.77. The molecule has 3 nitrogen and oxygen atoms in total. The third-order valence-electron chi connectivity index (χ3n) is 3.27. The van der Waals surface area contributed by atoms with E-state index in [4.69, 9.17) is 0 Å². The summed E-state index contributed by atoms with van der Waals surface area (Å²) in [6.45, 7) is 5.18. The molecule has 0 aliphatic heterocycles. The molecular weight excluding hydrogens is 302 g/mol. The zero-order chi connectivity index (χ0) is 13.8.